The number of hydrogen-bond donors (Lipinski definition) is 0. The van der Waals surface area contributed by atoms with Crippen LogP contribution in [0.1, 0.15) is 50.7 Å². The Labute approximate surface area is 189 Å². The number of carbonyl (C=O) groups is 2. The molecule has 3 aromatic rings. The molecule has 0 radical (unpaired) electrons. The Morgan fingerprint density at radius 3 is 1.84 bits per heavy atom. The number of carbonyl (C=O) groups excluding carboxylic acids is 2. The second kappa shape index (κ2) is 8.83. The predicted molar refractivity (Wildman–Crippen MR) is 128 cm³/mol. The number of nitrogens with zero attached hydrogens (tertiary/aromatic N) is 1. The van der Waals surface area contributed by atoms with E-state index in [2.05, 4.69) is 45.9 Å². The van der Waals surface area contributed by atoms with Gasteiger partial charge in [-0.2, -0.15) is 0 Å². The average Bonchev–Trinajstić information content (AvgIpc) is 3.11. The van der Waals surface area contributed by atoms with Gasteiger partial charge in [-0.3, -0.25) is 9.59 Å². The van der Waals surface area contributed by atoms with Gasteiger partial charge < -0.3 is 4.74 Å². The van der Waals surface area contributed by atoms with Crippen molar-refractivity contribution < 1.29 is 14.3 Å². The monoisotopic (exact) mass is 425 g/mol. The number of rotatable bonds is 6. The van der Waals surface area contributed by atoms with Crippen molar-refractivity contribution in [1.29, 1.82) is 0 Å². The first kappa shape index (κ1) is 21.6. The molecule has 0 aliphatic carbocycles. The minimum Gasteiger partial charge on any atom is -0.457 e. The molecular formula is C28H27NO3. The summed E-state index contributed by atoms with van der Waals surface area (Å²) in [7, 11) is 0. The van der Waals surface area contributed by atoms with Crippen molar-refractivity contribution in [3.8, 4) is 22.6 Å². The maximum absolute atomic E-state index is 12.6. The molecular weight excluding hydrogens is 398 g/mol. The van der Waals surface area contributed by atoms with Gasteiger partial charge in [0.1, 0.15) is 11.5 Å². The normalized spacial score (nSPS) is 13.5. The molecule has 1 aliphatic heterocycles. The van der Waals surface area contributed by atoms with Crippen LogP contribution in [0, 0.1) is 0 Å². The third kappa shape index (κ3) is 4.09. The summed E-state index contributed by atoms with van der Waals surface area (Å²) in [4.78, 5) is 26.4. The lowest BCUT2D eigenvalue weighted by Crippen LogP contribution is -2.30. The molecule has 0 N–H and O–H groups in total. The van der Waals surface area contributed by atoms with Crippen LogP contribution in [-0.2, 0) is 9.59 Å². The zero-order valence-corrected chi connectivity index (χ0v) is 18.8. The van der Waals surface area contributed by atoms with Gasteiger partial charge in [0.25, 0.3) is 11.8 Å². The Balaban J connectivity index is 1.96. The highest BCUT2D eigenvalue weighted by Crippen LogP contribution is 2.43. The lowest BCUT2D eigenvalue weighted by Gasteiger charge is -2.25. The fourth-order valence-corrected chi connectivity index (χ4v) is 4.10. The molecule has 0 unspecified atom stereocenters. The van der Waals surface area contributed by atoms with Crippen LogP contribution in [0.3, 0.4) is 0 Å². The van der Waals surface area contributed by atoms with Crippen molar-refractivity contribution in [2.75, 3.05) is 4.90 Å². The summed E-state index contributed by atoms with van der Waals surface area (Å²) < 4.78 is 6.11. The van der Waals surface area contributed by atoms with Crippen molar-refractivity contribution >= 4 is 17.5 Å². The van der Waals surface area contributed by atoms with Crippen LogP contribution < -0.4 is 9.64 Å². The molecule has 1 heterocycles. The molecule has 0 bridgehead atoms. The molecule has 2 amide bonds. The highest BCUT2D eigenvalue weighted by molar-refractivity contribution is 6.29. The van der Waals surface area contributed by atoms with E-state index in [4.69, 9.17) is 4.74 Å². The van der Waals surface area contributed by atoms with Crippen molar-refractivity contribution in [2.24, 2.45) is 0 Å². The van der Waals surface area contributed by atoms with Gasteiger partial charge in [-0.1, -0.05) is 64.1 Å². The second-order valence-corrected chi connectivity index (χ2v) is 8.56. The Kier molecular flexibility index (Phi) is 5.95. The number of imide groups is 1. The van der Waals surface area contributed by atoms with Crippen LogP contribution in [0.25, 0.3) is 11.1 Å². The first-order chi connectivity index (χ1) is 15.4. The molecule has 3 aromatic carbocycles. The molecule has 0 aromatic heterocycles. The highest BCUT2D eigenvalue weighted by atomic mass is 16.5. The Hall–Kier alpha value is -3.66. The molecule has 4 heteroatoms. The lowest BCUT2D eigenvalue weighted by atomic mass is 9.84. The SMILES string of the molecule is CC(C)c1cccc(C(C)C)c1-c1cc(Oc2ccccc2)ccc1N1C(=O)C=CC1=O. The lowest BCUT2D eigenvalue weighted by molar-refractivity contribution is -0.119. The van der Waals surface area contributed by atoms with Gasteiger partial charge in [-0.25, -0.2) is 4.90 Å². The summed E-state index contributed by atoms with van der Waals surface area (Å²) >= 11 is 0. The number of ether oxygens (including phenoxy) is 1. The van der Waals surface area contributed by atoms with Crippen LogP contribution in [0.5, 0.6) is 11.5 Å². The molecule has 1 aliphatic rings. The third-order valence-electron chi connectivity index (χ3n) is 5.64. The van der Waals surface area contributed by atoms with Gasteiger partial charge in [0.2, 0.25) is 0 Å². The fourth-order valence-electron chi connectivity index (χ4n) is 4.10. The van der Waals surface area contributed by atoms with Gasteiger partial charge in [0.05, 0.1) is 5.69 Å². The van der Waals surface area contributed by atoms with E-state index in [1.807, 2.05) is 36.4 Å². The first-order valence-corrected chi connectivity index (χ1v) is 10.9. The molecule has 0 fully saturated rings. The van der Waals surface area contributed by atoms with Crippen LogP contribution in [0.2, 0.25) is 0 Å². The number of benzene rings is 3. The summed E-state index contributed by atoms with van der Waals surface area (Å²) in [5, 5.41) is 0. The topological polar surface area (TPSA) is 46.6 Å². The van der Waals surface area contributed by atoms with Crippen LogP contribution in [0.4, 0.5) is 5.69 Å². The Bertz CT molecular complexity index is 1150. The number of amides is 2. The second-order valence-electron chi connectivity index (χ2n) is 8.56. The highest BCUT2D eigenvalue weighted by Gasteiger charge is 2.29. The van der Waals surface area contributed by atoms with E-state index in [0.717, 1.165) is 16.9 Å². The van der Waals surface area contributed by atoms with E-state index in [1.54, 1.807) is 12.1 Å². The van der Waals surface area contributed by atoms with Crippen LogP contribution >= 0.6 is 0 Å². The molecule has 0 spiro atoms. The summed E-state index contributed by atoms with van der Waals surface area (Å²) in [6, 6.07) is 21.4. The molecule has 0 saturated carbocycles. The summed E-state index contributed by atoms with van der Waals surface area (Å²) in [5.41, 5.74) is 4.78. The van der Waals surface area contributed by atoms with Gasteiger partial charge in [-0.05, 0) is 58.9 Å². The Morgan fingerprint density at radius 1 is 0.688 bits per heavy atom. The van der Waals surface area contributed by atoms with E-state index in [-0.39, 0.29) is 23.7 Å². The molecule has 0 atom stereocenters. The van der Waals surface area contributed by atoms with Crippen molar-refractivity contribution in [3.63, 3.8) is 0 Å². The van der Waals surface area contributed by atoms with Gasteiger partial charge in [0, 0.05) is 17.7 Å². The first-order valence-electron chi connectivity index (χ1n) is 10.9. The Morgan fingerprint density at radius 2 is 1.28 bits per heavy atom. The number of anilines is 1. The van der Waals surface area contributed by atoms with Crippen LogP contribution in [0.15, 0.2) is 78.9 Å². The quantitative estimate of drug-likeness (QED) is 0.407. The molecule has 0 saturated heterocycles. The molecule has 32 heavy (non-hydrogen) atoms. The van der Waals surface area contributed by atoms with Crippen LogP contribution in [-0.4, -0.2) is 11.8 Å². The maximum Gasteiger partial charge on any atom is 0.258 e. The van der Waals surface area contributed by atoms with Gasteiger partial charge >= 0.3 is 0 Å². The zero-order valence-electron chi connectivity index (χ0n) is 18.8. The average molecular weight is 426 g/mol. The minimum atomic E-state index is -0.332. The van der Waals surface area contributed by atoms with Crippen molar-refractivity contribution in [2.45, 2.75) is 39.5 Å². The number of para-hydroxylation sites is 1. The van der Waals surface area contributed by atoms with Crippen molar-refractivity contribution in [1.82, 2.24) is 0 Å². The largest absolute Gasteiger partial charge is 0.457 e. The molecule has 4 rings (SSSR count). The van der Waals surface area contributed by atoms with Gasteiger partial charge in [-0.15, -0.1) is 0 Å². The smallest absolute Gasteiger partial charge is 0.258 e. The van der Waals surface area contributed by atoms with E-state index in [9.17, 15) is 9.59 Å². The predicted octanol–water partition coefficient (Wildman–Crippen LogP) is 6.82. The maximum atomic E-state index is 12.6. The fraction of sp³-hybridized carbons (Fsp3) is 0.214. The summed E-state index contributed by atoms with van der Waals surface area (Å²) in [6.45, 7) is 8.61. The summed E-state index contributed by atoms with van der Waals surface area (Å²) in [5.74, 6) is 1.23. The van der Waals surface area contributed by atoms with E-state index in [0.29, 0.717) is 11.4 Å². The van der Waals surface area contributed by atoms with Gasteiger partial charge in [0.15, 0.2) is 0 Å². The molecule has 4 nitrogen and oxygen atoms in total. The van der Waals surface area contributed by atoms with E-state index >= 15 is 0 Å². The number of hydrogen-bond acceptors (Lipinski definition) is 3. The minimum absolute atomic E-state index is 0.262. The van der Waals surface area contributed by atoms with E-state index < -0.39 is 0 Å². The molecule has 162 valence electrons. The zero-order chi connectivity index (χ0) is 22.8. The third-order valence-corrected chi connectivity index (χ3v) is 5.64. The standard InChI is InChI=1S/C28H27NO3/c1-18(2)22-11-8-12-23(19(3)4)28(22)24-17-21(32-20-9-6-5-7-10-20)13-14-25(24)29-26(30)15-16-27(29)31/h5-19H,1-4H3. The summed E-state index contributed by atoms with van der Waals surface area (Å²) in [6.07, 6.45) is 2.64. The van der Waals surface area contributed by atoms with E-state index in [1.165, 1.54) is 28.2 Å². The van der Waals surface area contributed by atoms with Crippen molar-refractivity contribution in [3.05, 3.63) is 90.0 Å².